The molecule has 0 saturated carbocycles. The molecule has 35 heavy (non-hydrogen) atoms. The number of fused-ring (bicyclic) bond motifs is 1. The number of hydrogen-bond acceptors (Lipinski definition) is 8. The molecule has 3 aromatic carbocycles. The fourth-order valence-corrected chi connectivity index (χ4v) is 4.61. The number of carbonyl (C=O) groups excluding carboxylic acids is 2. The maximum Gasteiger partial charge on any atom is 0.269 e. The number of carbonyl (C=O) groups is 2. The van der Waals surface area contributed by atoms with Crippen molar-refractivity contribution >= 4 is 46.2 Å². The molecular weight excluding hydrogens is 480 g/mol. The summed E-state index contributed by atoms with van der Waals surface area (Å²) in [7, 11) is 0. The second-order valence-electron chi connectivity index (χ2n) is 7.91. The van der Waals surface area contributed by atoms with E-state index in [-0.39, 0.29) is 27.6 Å². The average molecular weight is 495 g/mol. The molecule has 5 rings (SSSR count). The minimum absolute atomic E-state index is 0.152. The van der Waals surface area contributed by atoms with Gasteiger partial charge in [-0.15, -0.1) is 0 Å². The van der Waals surface area contributed by atoms with Crippen molar-refractivity contribution in [3.05, 3.63) is 104 Å². The van der Waals surface area contributed by atoms with Gasteiger partial charge in [-0.2, -0.15) is 0 Å². The first-order chi connectivity index (χ1) is 16.8. The smallest absolute Gasteiger partial charge is 0.269 e. The van der Waals surface area contributed by atoms with Gasteiger partial charge in [-0.3, -0.25) is 34.7 Å². The van der Waals surface area contributed by atoms with Crippen LogP contribution in [0.15, 0.2) is 72.8 Å². The molecule has 3 atom stereocenters. The lowest BCUT2D eigenvalue weighted by atomic mass is 9.90. The predicted octanol–water partition coefficient (Wildman–Crippen LogP) is 4.21. The summed E-state index contributed by atoms with van der Waals surface area (Å²) in [6.45, 7) is 0. The molecule has 12 heteroatoms. The summed E-state index contributed by atoms with van der Waals surface area (Å²) < 4.78 is 0. The number of hydroxylamine groups is 1. The second kappa shape index (κ2) is 8.46. The molecule has 0 spiro atoms. The Bertz CT molecular complexity index is 1370. The number of halogens is 1. The Morgan fingerprint density at radius 2 is 1.43 bits per heavy atom. The van der Waals surface area contributed by atoms with Gasteiger partial charge < -0.3 is 0 Å². The zero-order valence-corrected chi connectivity index (χ0v) is 18.4. The van der Waals surface area contributed by atoms with Crippen molar-refractivity contribution in [1.29, 1.82) is 0 Å². The van der Waals surface area contributed by atoms with Gasteiger partial charge in [-0.1, -0.05) is 29.8 Å². The Morgan fingerprint density at radius 3 is 2.06 bits per heavy atom. The molecule has 0 N–H and O–H groups in total. The Hall–Kier alpha value is -4.35. The van der Waals surface area contributed by atoms with Crippen LogP contribution in [0.5, 0.6) is 0 Å². The minimum Gasteiger partial charge on any atom is -0.273 e. The molecule has 2 aliphatic heterocycles. The first-order valence-electron chi connectivity index (χ1n) is 10.3. The van der Waals surface area contributed by atoms with Crippen LogP contribution in [0.4, 0.5) is 22.7 Å². The van der Waals surface area contributed by atoms with Crippen LogP contribution in [0.25, 0.3) is 0 Å². The van der Waals surface area contributed by atoms with Gasteiger partial charge in [-0.05, 0) is 30.3 Å². The van der Waals surface area contributed by atoms with Crippen molar-refractivity contribution in [2.75, 3.05) is 9.96 Å². The fourth-order valence-electron chi connectivity index (χ4n) is 4.38. The SMILES string of the molecule is O=C1[C@H]2[C@@H](c3cc([N+](=O)[O-])ccc3Cl)N(c3ccccc3)O[C@H]2C(=O)N1c1ccc([N+](=O)[O-])cc1. The maximum absolute atomic E-state index is 13.6. The number of non-ortho nitro benzene ring substituents is 2. The van der Waals surface area contributed by atoms with Gasteiger partial charge in [0, 0.05) is 34.9 Å². The van der Waals surface area contributed by atoms with Crippen LogP contribution in [0.2, 0.25) is 5.02 Å². The number of nitro groups is 2. The topological polar surface area (TPSA) is 136 Å². The molecule has 0 unspecified atom stereocenters. The van der Waals surface area contributed by atoms with Gasteiger partial charge in [-0.25, -0.2) is 9.96 Å². The van der Waals surface area contributed by atoms with E-state index in [0.717, 1.165) is 4.90 Å². The van der Waals surface area contributed by atoms with E-state index in [0.29, 0.717) is 5.69 Å². The van der Waals surface area contributed by atoms with Gasteiger partial charge in [0.25, 0.3) is 17.3 Å². The summed E-state index contributed by atoms with van der Waals surface area (Å²) in [5.74, 6) is -2.34. The highest BCUT2D eigenvalue weighted by molar-refractivity contribution is 6.31. The van der Waals surface area contributed by atoms with Crippen LogP contribution in [0.3, 0.4) is 0 Å². The van der Waals surface area contributed by atoms with Crippen LogP contribution in [0, 0.1) is 26.1 Å². The van der Waals surface area contributed by atoms with Crippen LogP contribution in [-0.2, 0) is 14.4 Å². The van der Waals surface area contributed by atoms with Crippen molar-refractivity contribution in [3.8, 4) is 0 Å². The van der Waals surface area contributed by atoms with Gasteiger partial charge in [0.15, 0.2) is 6.10 Å². The Morgan fingerprint density at radius 1 is 0.800 bits per heavy atom. The summed E-state index contributed by atoms with van der Waals surface area (Å²) in [5.41, 5.74) is 0.505. The Kier molecular flexibility index (Phi) is 5.42. The van der Waals surface area contributed by atoms with E-state index >= 15 is 0 Å². The lowest BCUT2D eigenvalue weighted by molar-refractivity contribution is -0.385. The largest absolute Gasteiger partial charge is 0.273 e. The van der Waals surface area contributed by atoms with Crippen LogP contribution < -0.4 is 9.96 Å². The summed E-state index contributed by atoms with van der Waals surface area (Å²) >= 11 is 6.43. The molecular formula is C23H15ClN4O7. The molecule has 2 aliphatic rings. The third-order valence-electron chi connectivity index (χ3n) is 5.95. The highest BCUT2D eigenvalue weighted by Crippen LogP contribution is 2.49. The van der Waals surface area contributed by atoms with E-state index in [1.807, 2.05) is 0 Å². The van der Waals surface area contributed by atoms with Crippen molar-refractivity contribution in [3.63, 3.8) is 0 Å². The molecule has 2 amide bonds. The van der Waals surface area contributed by atoms with Crippen molar-refractivity contribution < 1.29 is 24.3 Å². The molecule has 2 saturated heterocycles. The Labute approximate surface area is 202 Å². The van der Waals surface area contributed by atoms with E-state index < -0.39 is 39.7 Å². The number of rotatable bonds is 5. The number of anilines is 2. The lowest BCUT2D eigenvalue weighted by Gasteiger charge is -2.29. The van der Waals surface area contributed by atoms with E-state index in [4.69, 9.17) is 16.4 Å². The number of benzene rings is 3. The number of amides is 2. The predicted molar refractivity (Wildman–Crippen MR) is 124 cm³/mol. The zero-order chi connectivity index (χ0) is 24.9. The number of para-hydroxylation sites is 1. The van der Waals surface area contributed by atoms with Crippen LogP contribution >= 0.6 is 11.6 Å². The van der Waals surface area contributed by atoms with E-state index in [1.165, 1.54) is 47.5 Å². The van der Waals surface area contributed by atoms with Crippen molar-refractivity contribution in [1.82, 2.24) is 0 Å². The van der Waals surface area contributed by atoms with E-state index in [1.54, 1.807) is 30.3 Å². The highest BCUT2D eigenvalue weighted by atomic mass is 35.5. The third kappa shape index (κ3) is 3.66. The standard InChI is InChI=1S/C23H15ClN4O7/c24-18-11-10-16(28(33)34)12-17(18)20-19-21(35-26(20)14-4-2-1-3-5-14)23(30)25(22(19)29)13-6-8-15(9-7-13)27(31)32/h1-12,19-21H/t19-,20+,21+/m0/s1. The first kappa shape index (κ1) is 22.4. The van der Waals surface area contributed by atoms with Gasteiger partial charge in [0.2, 0.25) is 5.91 Å². The quantitative estimate of drug-likeness (QED) is 0.292. The first-order valence-corrected chi connectivity index (χ1v) is 10.7. The minimum atomic E-state index is -1.22. The van der Waals surface area contributed by atoms with Gasteiger partial charge >= 0.3 is 0 Å². The van der Waals surface area contributed by atoms with Gasteiger partial charge in [0.1, 0.15) is 5.92 Å². The van der Waals surface area contributed by atoms with E-state index in [2.05, 4.69) is 0 Å². The molecule has 3 aromatic rings. The van der Waals surface area contributed by atoms with Gasteiger partial charge in [0.05, 0.1) is 27.3 Å². The number of nitrogens with zero attached hydrogens (tertiary/aromatic N) is 4. The fraction of sp³-hybridized carbons (Fsp3) is 0.130. The summed E-state index contributed by atoms with van der Waals surface area (Å²) in [4.78, 5) is 55.0. The number of imide groups is 1. The average Bonchev–Trinajstić information content (AvgIpc) is 3.35. The summed E-state index contributed by atoms with van der Waals surface area (Å²) in [5, 5.41) is 23.9. The normalized spacial score (nSPS) is 21.3. The maximum atomic E-state index is 13.6. The summed E-state index contributed by atoms with van der Waals surface area (Å²) in [6.07, 6.45) is -1.22. The Balaban J connectivity index is 1.60. The molecule has 2 fully saturated rings. The highest BCUT2D eigenvalue weighted by Gasteiger charge is 2.60. The lowest BCUT2D eigenvalue weighted by Crippen LogP contribution is -2.37. The molecule has 0 bridgehead atoms. The second-order valence-corrected chi connectivity index (χ2v) is 8.31. The van der Waals surface area contributed by atoms with Crippen molar-refractivity contribution in [2.45, 2.75) is 12.1 Å². The monoisotopic (exact) mass is 494 g/mol. The van der Waals surface area contributed by atoms with Crippen LogP contribution in [-0.4, -0.2) is 27.8 Å². The van der Waals surface area contributed by atoms with Crippen molar-refractivity contribution in [2.24, 2.45) is 5.92 Å². The van der Waals surface area contributed by atoms with E-state index in [9.17, 15) is 29.8 Å². The molecule has 0 aromatic heterocycles. The molecule has 0 radical (unpaired) electrons. The molecule has 176 valence electrons. The molecule has 0 aliphatic carbocycles. The number of nitro benzene ring substituents is 2. The van der Waals surface area contributed by atoms with Crippen LogP contribution in [0.1, 0.15) is 11.6 Å². The number of hydrogen-bond donors (Lipinski definition) is 0. The molecule has 11 nitrogen and oxygen atoms in total. The summed E-state index contributed by atoms with van der Waals surface area (Å²) in [6, 6.07) is 16.6. The molecule has 2 heterocycles. The zero-order valence-electron chi connectivity index (χ0n) is 17.7. The third-order valence-corrected chi connectivity index (χ3v) is 6.30.